The van der Waals surface area contributed by atoms with Crippen molar-refractivity contribution < 1.29 is 4.79 Å². The molecule has 0 aliphatic heterocycles. The zero-order valence-corrected chi connectivity index (χ0v) is 12.9. The standard InChI is InChI=1S/C16H17N5O2/c1-3-9(2)21-13(17)10(14(18)22)8-11-15(21)19-12-6-4-5-7-20(12)16(11)23/h4-9,17H,3H2,1-2H3,(H2,18,22)/t9-/m0/s1. The van der Waals surface area contributed by atoms with E-state index >= 15 is 0 Å². The number of carbonyl (C=O) groups is 1. The van der Waals surface area contributed by atoms with Gasteiger partial charge in [0.2, 0.25) is 0 Å². The van der Waals surface area contributed by atoms with Crippen molar-refractivity contribution in [3.8, 4) is 0 Å². The van der Waals surface area contributed by atoms with Crippen LogP contribution >= 0.6 is 0 Å². The summed E-state index contributed by atoms with van der Waals surface area (Å²) in [5.41, 5.74) is 5.98. The highest BCUT2D eigenvalue weighted by molar-refractivity contribution is 5.95. The number of carbonyl (C=O) groups excluding carboxylic acids is 1. The zero-order chi connectivity index (χ0) is 16.7. The molecule has 23 heavy (non-hydrogen) atoms. The highest BCUT2D eigenvalue weighted by Crippen LogP contribution is 2.16. The first-order chi connectivity index (χ1) is 11.0. The average Bonchev–Trinajstić information content (AvgIpc) is 2.54. The summed E-state index contributed by atoms with van der Waals surface area (Å²) in [6.45, 7) is 3.88. The summed E-state index contributed by atoms with van der Waals surface area (Å²) in [4.78, 5) is 28.9. The number of pyridine rings is 2. The van der Waals surface area contributed by atoms with Crippen LogP contribution in [0.5, 0.6) is 0 Å². The van der Waals surface area contributed by atoms with E-state index in [0.29, 0.717) is 11.3 Å². The lowest BCUT2D eigenvalue weighted by molar-refractivity contribution is 0.0998. The van der Waals surface area contributed by atoms with Crippen LogP contribution in [-0.4, -0.2) is 19.9 Å². The molecule has 3 heterocycles. The third-order valence-corrected chi connectivity index (χ3v) is 4.06. The van der Waals surface area contributed by atoms with Crippen LogP contribution in [0.1, 0.15) is 36.7 Å². The SMILES string of the molecule is CC[C@H](C)n1c(=N)c(C(N)=O)cc2c(=O)n3ccccc3nc21. The number of hydrogen-bond donors (Lipinski definition) is 2. The lowest BCUT2D eigenvalue weighted by atomic mass is 10.1. The van der Waals surface area contributed by atoms with Crippen LogP contribution in [-0.2, 0) is 0 Å². The molecule has 1 amide bonds. The molecule has 1 atom stereocenters. The number of nitrogens with two attached hydrogens (primary N) is 1. The van der Waals surface area contributed by atoms with Crippen LogP contribution in [0.25, 0.3) is 16.7 Å². The van der Waals surface area contributed by atoms with E-state index in [1.54, 1.807) is 29.0 Å². The molecule has 7 nitrogen and oxygen atoms in total. The minimum atomic E-state index is -0.730. The Morgan fingerprint density at radius 3 is 2.83 bits per heavy atom. The molecule has 0 aliphatic carbocycles. The maximum absolute atomic E-state index is 12.7. The molecule has 118 valence electrons. The first-order valence-corrected chi connectivity index (χ1v) is 7.36. The van der Waals surface area contributed by atoms with Gasteiger partial charge < -0.3 is 10.3 Å². The molecule has 0 saturated heterocycles. The number of rotatable bonds is 3. The number of hydrogen-bond acceptors (Lipinski definition) is 4. The smallest absolute Gasteiger partial charge is 0.267 e. The Morgan fingerprint density at radius 2 is 2.17 bits per heavy atom. The predicted molar refractivity (Wildman–Crippen MR) is 86.3 cm³/mol. The Morgan fingerprint density at radius 1 is 1.43 bits per heavy atom. The van der Waals surface area contributed by atoms with E-state index in [0.717, 1.165) is 6.42 Å². The van der Waals surface area contributed by atoms with Gasteiger partial charge in [-0.25, -0.2) is 4.98 Å². The van der Waals surface area contributed by atoms with Crippen molar-refractivity contribution in [1.29, 1.82) is 5.41 Å². The molecule has 3 rings (SSSR count). The van der Waals surface area contributed by atoms with Crippen molar-refractivity contribution in [2.24, 2.45) is 5.73 Å². The minimum absolute atomic E-state index is 0.0209. The number of aromatic nitrogens is 3. The Hall–Kier alpha value is -2.96. The number of amides is 1. The van der Waals surface area contributed by atoms with Crippen LogP contribution in [0.15, 0.2) is 35.3 Å². The highest BCUT2D eigenvalue weighted by Gasteiger charge is 2.18. The van der Waals surface area contributed by atoms with Gasteiger partial charge in [0.05, 0.1) is 10.9 Å². The minimum Gasteiger partial charge on any atom is -0.365 e. The number of fused-ring (bicyclic) bond motifs is 2. The first-order valence-electron chi connectivity index (χ1n) is 7.36. The van der Waals surface area contributed by atoms with Crippen molar-refractivity contribution >= 4 is 22.6 Å². The van der Waals surface area contributed by atoms with Crippen molar-refractivity contribution in [3.05, 3.63) is 51.9 Å². The largest absolute Gasteiger partial charge is 0.365 e. The van der Waals surface area contributed by atoms with Gasteiger partial charge in [-0.05, 0) is 31.5 Å². The molecule has 3 aromatic heterocycles. The van der Waals surface area contributed by atoms with E-state index in [1.165, 1.54) is 10.5 Å². The predicted octanol–water partition coefficient (Wildman–Crippen LogP) is 1.20. The molecule has 0 spiro atoms. The molecular weight excluding hydrogens is 294 g/mol. The van der Waals surface area contributed by atoms with E-state index in [1.807, 2.05) is 13.8 Å². The third kappa shape index (κ3) is 2.21. The van der Waals surface area contributed by atoms with Crippen molar-refractivity contribution in [2.45, 2.75) is 26.3 Å². The summed E-state index contributed by atoms with van der Waals surface area (Å²) in [7, 11) is 0. The second kappa shape index (κ2) is 5.35. The normalized spacial score (nSPS) is 12.6. The summed E-state index contributed by atoms with van der Waals surface area (Å²) in [6, 6.07) is 6.53. The fourth-order valence-electron chi connectivity index (χ4n) is 2.65. The Kier molecular flexibility index (Phi) is 3.48. The summed E-state index contributed by atoms with van der Waals surface area (Å²) in [6.07, 6.45) is 2.35. The monoisotopic (exact) mass is 311 g/mol. The second-order valence-corrected chi connectivity index (χ2v) is 5.48. The molecule has 0 fully saturated rings. The Balaban J connectivity index is 2.61. The highest BCUT2D eigenvalue weighted by atomic mass is 16.1. The van der Waals surface area contributed by atoms with Crippen LogP contribution in [0, 0.1) is 5.41 Å². The molecule has 3 N–H and O–H groups in total. The van der Waals surface area contributed by atoms with Crippen LogP contribution < -0.4 is 16.8 Å². The molecule has 0 radical (unpaired) electrons. The molecule has 7 heteroatoms. The molecule has 3 aromatic rings. The maximum atomic E-state index is 12.7. The van der Waals surface area contributed by atoms with Gasteiger partial charge >= 0.3 is 0 Å². The Labute approximate surface area is 131 Å². The molecule has 0 bridgehead atoms. The quantitative estimate of drug-likeness (QED) is 0.710. The van der Waals surface area contributed by atoms with Gasteiger partial charge in [0.15, 0.2) is 0 Å². The van der Waals surface area contributed by atoms with E-state index in [9.17, 15) is 9.59 Å². The van der Waals surface area contributed by atoms with Crippen LogP contribution in [0.2, 0.25) is 0 Å². The summed E-state index contributed by atoms with van der Waals surface area (Å²) < 4.78 is 3.02. The number of primary amides is 1. The van der Waals surface area contributed by atoms with Gasteiger partial charge in [-0.15, -0.1) is 0 Å². The van der Waals surface area contributed by atoms with Crippen molar-refractivity contribution in [2.75, 3.05) is 0 Å². The summed E-state index contributed by atoms with van der Waals surface area (Å²) in [5.74, 6) is -0.730. The molecule has 0 unspecified atom stereocenters. The molecule has 0 aliphatic rings. The maximum Gasteiger partial charge on any atom is 0.267 e. The van der Waals surface area contributed by atoms with E-state index in [4.69, 9.17) is 11.1 Å². The van der Waals surface area contributed by atoms with Crippen molar-refractivity contribution in [3.63, 3.8) is 0 Å². The van der Waals surface area contributed by atoms with Crippen LogP contribution in [0.4, 0.5) is 0 Å². The fraction of sp³-hybridized carbons (Fsp3) is 0.250. The number of nitrogens with zero attached hydrogens (tertiary/aromatic N) is 3. The van der Waals surface area contributed by atoms with E-state index in [-0.39, 0.29) is 28.0 Å². The topological polar surface area (TPSA) is 106 Å². The van der Waals surface area contributed by atoms with Crippen LogP contribution in [0.3, 0.4) is 0 Å². The number of nitrogens with one attached hydrogen (secondary N) is 1. The molecule has 0 aromatic carbocycles. The molecule has 0 saturated carbocycles. The third-order valence-electron chi connectivity index (χ3n) is 4.06. The zero-order valence-electron chi connectivity index (χ0n) is 12.9. The lowest BCUT2D eigenvalue weighted by Gasteiger charge is -2.18. The first kappa shape index (κ1) is 15.0. The van der Waals surface area contributed by atoms with Gasteiger partial charge in [-0.1, -0.05) is 13.0 Å². The summed E-state index contributed by atoms with van der Waals surface area (Å²) in [5, 5.41) is 8.56. The second-order valence-electron chi connectivity index (χ2n) is 5.48. The van der Waals surface area contributed by atoms with Gasteiger partial charge in [-0.3, -0.25) is 19.4 Å². The van der Waals surface area contributed by atoms with Crippen molar-refractivity contribution in [1.82, 2.24) is 14.0 Å². The molecular formula is C16H17N5O2. The fourth-order valence-corrected chi connectivity index (χ4v) is 2.65. The lowest BCUT2D eigenvalue weighted by Crippen LogP contribution is -2.33. The average molecular weight is 311 g/mol. The van der Waals surface area contributed by atoms with E-state index < -0.39 is 5.91 Å². The van der Waals surface area contributed by atoms with Gasteiger partial charge in [-0.2, -0.15) is 0 Å². The van der Waals surface area contributed by atoms with Gasteiger partial charge in [0, 0.05) is 12.2 Å². The van der Waals surface area contributed by atoms with Gasteiger partial charge in [0.1, 0.15) is 16.8 Å². The van der Waals surface area contributed by atoms with Gasteiger partial charge in [0.25, 0.3) is 11.5 Å². The van der Waals surface area contributed by atoms with E-state index in [2.05, 4.69) is 4.98 Å². The Bertz CT molecular complexity index is 1050. The summed E-state index contributed by atoms with van der Waals surface area (Å²) >= 11 is 0.